The van der Waals surface area contributed by atoms with Crippen LogP contribution in [0.3, 0.4) is 0 Å². The van der Waals surface area contributed by atoms with Crippen molar-refractivity contribution in [2.75, 3.05) is 0 Å². The van der Waals surface area contributed by atoms with Crippen molar-refractivity contribution in [2.45, 2.75) is 87.3 Å². The van der Waals surface area contributed by atoms with Crippen molar-refractivity contribution in [1.82, 2.24) is 0 Å². The first-order chi connectivity index (χ1) is 27.8. The number of hydrogen-bond donors (Lipinski definition) is 0. The molecule has 0 bridgehead atoms. The van der Waals surface area contributed by atoms with E-state index in [1.54, 1.807) is 22.3 Å². The summed E-state index contributed by atoms with van der Waals surface area (Å²) in [6.45, 7) is 0. The Hall–Kier alpha value is -3.82. The van der Waals surface area contributed by atoms with Crippen molar-refractivity contribution in [3.8, 4) is 22.3 Å². The quantitative estimate of drug-likeness (QED) is 0.0924. The fourth-order valence-electron chi connectivity index (χ4n) is 11.0. The molecule has 8 aromatic rings. The molecule has 12 rings (SSSR count). The maximum atomic E-state index is 2.44. The molecule has 2 aliphatic heterocycles. The molecule has 2 aliphatic carbocycles. The van der Waals surface area contributed by atoms with Crippen LogP contribution in [0.15, 0.2) is 146 Å². The molecule has 0 nitrogen and oxygen atoms in total. The summed E-state index contributed by atoms with van der Waals surface area (Å²) in [5, 5.41) is 11.2. The zero-order valence-electron chi connectivity index (χ0n) is 34.7. The van der Waals surface area contributed by atoms with Gasteiger partial charge in [-0.25, -0.2) is 0 Å². The Morgan fingerprint density at radius 3 is 0.797 bits per heavy atom. The standard InChI is InChI=1S/2C27H25P.2CH3.Fe/c2*1-5-11-24-19(7-1)13-15-21-17-28(23-9-3-4-10-23)18-22-16-14-20-8-2-6-12-25(20)27(22)26(21)24;;;/h2*1-2,5-8,11-16,23H,3-4,9-10,17-18H2;2*1H3;/q;;2*-1;+2. The largest absolute Gasteiger partial charge is 2.00 e. The molecular weight excluding hydrogens is 790 g/mol. The van der Waals surface area contributed by atoms with E-state index >= 15 is 0 Å². The van der Waals surface area contributed by atoms with E-state index in [9.17, 15) is 0 Å². The van der Waals surface area contributed by atoms with Gasteiger partial charge in [0.2, 0.25) is 0 Å². The second-order valence-corrected chi connectivity index (χ2v) is 22.1. The van der Waals surface area contributed by atoms with Gasteiger partial charge >= 0.3 is 17.1 Å². The zero-order valence-corrected chi connectivity index (χ0v) is 37.6. The molecule has 3 heteroatoms. The van der Waals surface area contributed by atoms with Crippen LogP contribution in [-0.2, 0) is 41.7 Å². The first-order valence-electron chi connectivity index (χ1n) is 21.3. The van der Waals surface area contributed by atoms with Crippen molar-refractivity contribution in [3.05, 3.63) is 183 Å². The second-order valence-electron chi connectivity index (χ2n) is 17.0. The first kappa shape index (κ1) is 41.9. The number of hydrogen-bond acceptors (Lipinski definition) is 0. The third-order valence-corrected chi connectivity index (χ3v) is 19.8. The van der Waals surface area contributed by atoms with Crippen LogP contribution in [0.25, 0.3) is 65.3 Å². The van der Waals surface area contributed by atoms with Gasteiger partial charge in [0.15, 0.2) is 0 Å². The van der Waals surface area contributed by atoms with Crippen LogP contribution in [0.5, 0.6) is 0 Å². The molecule has 59 heavy (non-hydrogen) atoms. The molecule has 2 saturated carbocycles. The van der Waals surface area contributed by atoms with E-state index in [-0.39, 0.29) is 47.8 Å². The zero-order chi connectivity index (χ0) is 37.0. The maximum Gasteiger partial charge on any atom is 2.00 e. The molecule has 0 spiro atoms. The van der Waals surface area contributed by atoms with Gasteiger partial charge in [0, 0.05) is 0 Å². The summed E-state index contributed by atoms with van der Waals surface area (Å²) in [5.74, 6) is 0. The molecule has 0 N–H and O–H groups in total. The summed E-state index contributed by atoms with van der Waals surface area (Å²) in [5.41, 5.74) is 14.4. The van der Waals surface area contributed by atoms with E-state index in [0.717, 1.165) is 11.3 Å². The van der Waals surface area contributed by atoms with Gasteiger partial charge in [0.1, 0.15) is 0 Å². The minimum Gasteiger partial charge on any atom is -0.358 e. The van der Waals surface area contributed by atoms with E-state index in [1.807, 2.05) is 0 Å². The summed E-state index contributed by atoms with van der Waals surface area (Å²) < 4.78 is 0. The molecule has 0 amide bonds. The number of fused-ring (bicyclic) bond motifs is 14. The van der Waals surface area contributed by atoms with Crippen molar-refractivity contribution >= 4 is 58.9 Å². The van der Waals surface area contributed by atoms with E-state index in [1.165, 1.54) is 141 Å². The molecule has 8 aromatic carbocycles. The van der Waals surface area contributed by atoms with E-state index in [4.69, 9.17) is 0 Å². The summed E-state index contributed by atoms with van der Waals surface area (Å²) in [6, 6.07) is 55.1. The Balaban J connectivity index is 0.000000156. The van der Waals surface area contributed by atoms with Crippen molar-refractivity contribution in [1.29, 1.82) is 0 Å². The van der Waals surface area contributed by atoms with Gasteiger partial charge in [-0.15, -0.1) is 0 Å². The van der Waals surface area contributed by atoms with Gasteiger partial charge in [-0.1, -0.05) is 187 Å². The molecule has 0 aromatic heterocycles. The fourth-order valence-corrected chi connectivity index (χ4v) is 17.3. The Morgan fingerprint density at radius 1 is 0.305 bits per heavy atom. The monoisotopic (exact) mass is 846 g/mol. The van der Waals surface area contributed by atoms with Crippen LogP contribution >= 0.6 is 15.8 Å². The third-order valence-electron chi connectivity index (χ3n) is 13.7. The van der Waals surface area contributed by atoms with Crippen molar-refractivity contribution in [2.24, 2.45) is 0 Å². The summed E-state index contributed by atoms with van der Waals surface area (Å²) in [6.07, 6.45) is 16.8. The molecule has 0 saturated heterocycles. The fraction of sp³-hybridized carbons (Fsp3) is 0.250. The molecule has 0 unspecified atom stereocenters. The first-order valence-corrected chi connectivity index (χ1v) is 24.8. The Kier molecular flexibility index (Phi) is 12.8. The smallest absolute Gasteiger partial charge is 0.358 e. The molecule has 2 fully saturated rings. The number of rotatable bonds is 2. The predicted molar refractivity (Wildman–Crippen MR) is 260 cm³/mol. The van der Waals surface area contributed by atoms with Gasteiger partial charge in [-0.2, -0.15) is 0 Å². The van der Waals surface area contributed by atoms with Gasteiger partial charge in [0.05, 0.1) is 0 Å². The summed E-state index contributed by atoms with van der Waals surface area (Å²) in [7, 11) is 0.0331. The van der Waals surface area contributed by atoms with Crippen LogP contribution < -0.4 is 0 Å². The Morgan fingerprint density at radius 2 is 0.542 bits per heavy atom. The average Bonchev–Trinajstić information content (AvgIpc) is 3.94. The van der Waals surface area contributed by atoms with Crippen LogP contribution in [0, 0.1) is 14.9 Å². The molecule has 4 aliphatic rings. The van der Waals surface area contributed by atoms with Crippen molar-refractivity contribution in [3.63, 3.8) is 0 Å². The molecule has 2 heterocycles. The average molecular weight is 847 g/mol. The Labute approximate surface area is 366 Å². The van der Waals surface area contributed by atoms with Gasteiger partial charge in [-0.05, 0) is 149 Å². The topological polar surface area (TPSA) is 0 Å². The third kappa shape index (κ3) is 7.73. The minimum absolute atomic E-state index is 0. The second kappa shape index (κ2) is 18.0. The molecule has 298 valence electrons. The van der Waals surface area contributed by atoms with E-state index in [0.29, 0.717) is 0 Å². The van der Waals surface area contributed by atoms with Crippen LogP contribution in [0.4, 0.5) is 0 Å². The number of benzene rings is 8. The molecule has 0 radical (unpaired) electrons. The van der Waals surface area contributed by atoms with Gasteiger partial charge in [0.25, 0.3) is 0 Å². The normalized spacial score (nSPS) is 16.7. The summed E-state index contributed by atoms with van der Waals surface area (Å²) >= 11 is 0. The van der Waals surface area contributed by atoms with Crippen molar-refractivity contribution < 1.29 is 17.1 Å². The van der Waals surface area contributed by atoms with Crippen LogP contribution in [0.2, 0.25) is 0 Å². The van der Waals surface area contributed by atoms with Crippen LogP contribution in [0.1, 0.15) is 73.6 Å². The summed E-state index contributed by atoms with van der Waals surface area (Å²) in [4.78, 5) is 0. The van der Waals surface area contributed by atoms with E-state index < -0.39 is 0 Å². The van der Waals surface area contributed by atoms with Gasteiger partial charge < -0.3 is 14.9 Å². The van der Waals surface area contributed by atoms with Crippen LogP contribution in [-0.4, -0.2) is 11.3 Å². The maximum absolute atomic E-state index is 2.44. The molecule has 0 atom stereocenters. The SMILES string of the molecule is [CH3-].[CH3-].[Fe+2].c1ccc2c3c(ccc2c1)CP(C1CCCC1)Cc1ccc2ccccc2c1-3.c1ccc2c3c(ccc2c1)CP(C1CCCC1)Cc1ccc2ccccc2c1-3. The van der Waals surface area contributed by atoms with E-state index in [2.05, 4.69) is 146 Å². The minimum atomic E-state index is 0. The Bertz CT molecular complexity index is 2390. The predicted octanol–water partition coefficient (Wildman–Crippen LogP) is 17.1. The van der Waals surface area contributed by atoms with Gasteiger partial charge in [-0.3, -0.25) is 0 Å². The molecular formula is C56H56FeP2.